The highest BCUT2D eigenvalue weighted by atomic mass is 16.6. The number of carbonyl (C=O) groups is 2. The van der Waals surface area contributed by atoms with Crippen LogP contribution in [0, 0.1) is 0 Å². The minimum atomic E-state index is -0.572. The Morgan fingerprint density at radius 3 is 2.55 bits per heavy atom. The summed E-state index contributed by atoms with van der Waals surface area (Å²) in [5, 5.41) is 12.4. The number of alkyl carbamates (subject to hydrolysis) is 1. The molecular formula is C21H26N6O4. The maximum absolute atomic E-state index is 12.5. The Hall–Kier alpha value is -3.69. The molecule has 10 nitrogen and oxygen atoms in total. The van der Waals surface area contributed by atoms with Gasteiger partial charge in [-0.25, -0.2) is 14.8 Å². The van der Waals surface area contributed by atoms with Gasteiger partial charge < -0.3 is 19.8 Å². The third-order valence-electron chi connectivity index (χ3n) is 4.07. The van der Waals surface area contributed by atoms with Crippen LogP contribution in [0.2, 0.25) is 0 Å². The minimum absolute atomic E-state index is 0.0513. The van der Waals surface area contributed by atoms with Gasteiger partial charge in [-0.05, 0) is 45.0 Å². The summed E-state index contributed by atoms with van der Waals surface area (Å²) in [5.74, 6) is 1.22. The van der Waals surface area contributed by atoms with E-state index in [1.165, 1.54) is 6.39 Å². The Bertz CT molecular complexity index is 1050. The molecule has 0 unspecified atom stereocenters. The van der Waals surface area contributed by atoms with E-state index in [1.807, 2.05) is 13.8 Å². The van der Waals surface area contributed by atoms with Gasteiger partial charge in [0.25, 0.3) is 5.91 Å². The van der Waals surface area contributed by atoms with Gasteiger partial charge in [0.05, 0.1) is 6.54 Å². The zero-order valence-electron chi connectivity index (χ0n) is 18.1. The van der Waals surface area contributed by atoms with E-state index in [-0.39, 0.29) is 24.1 Å². The number of nitrogens with zero attached hydrogens (tertiary/aromatic N) is 3. The number of anilines is 1. The molecule has 2 aromatic heterocycles. The first-order valence-corrected chi connectivity index (χ1v) is 9.85. The maximum atomic E-state index is 12.5. The summed E-state index contributed by atoms with van der Waals surface area (Å²) in [4.78, 5) is 32.6. The van der Waals surface area contributed by atoms with E-state index >= 15 is 0 Å². The quantitative estimate of drug-likeness (QED) is 0.544. The van der Waals surface area contributed by atoms with Crippen molar-refractivity contribution in [1.82, 2.24) is 25.5 Å². The molecule has 0 aliphatic carbocycles. The Morgan fingerprint density at radius 1 is 1.19 bits per heavy atom. The van der Waals surface area contributed by atoms with E-state index in [1.54, 1.807) is 45.0 Å². The Kier molecular flexibility index (Phi) is 6.38. The lowest BCUT2D eigenvalue weighted by Crippen LogP contribution is -2.32. The molecule has 3 rings (SSSR count). The fraction of sp³-hybridized carbons (Fsp3) is 0.381. The smallest absolute Gasteiger partial charge is 0.408 e. The molecule has 0 spiro atoms. The van der Waals surface area contributed by atoms with Crippen LogP contribution in [0.25, 0.3) is 11.4 Å². The maximum Gasteiger partial charge on any atom is 0.408 e. The lowest BCUT2D eigenvalue weighted by Gasteiger charge is -2.19. The molecule has 0 saturated heterocycles. The van der Waals surface area contributed by atoms with Gasteiger partial charge in [0.15, 0.2) is 17.9 Å². The summed E-state index contributed by atoms with van der Waals surface area (Å²) in [5.41, 5.74) is 1.06. The lowest BCUT2D eigenvalue weighted by molar-refractivity contribution is 0.0522. The molecule has 0 aliphatic heterocycles. The summed E-state index contributed by atoms with van der Waals surface area (Å²) in [7, 11) is 0. The van der Waals surface area contributed by atoms with Crippen LogP contribution >= 0.6 is 0 Å². The van der Waals surface area contributed by atoms with E-state index in [4.69, 9.17) is 9.15 Å². The van der Waals surface area contributed by atoms with Crippen molar-refractivity contribution >= 4 is 17.7 Å². The van der Waals surface area contributed by atoms with E-state index in [9.17, 15) is 9.59 Å². The Balaban J connectivity index is 1.60. The molecule has 164 valence electrons. The first-order chi connectivity index (χ1) is 14.6. The van der Waals surface area contributed by atoms with E-state index < -0.39 is 11.7 Å². The van der Waals surface area contributed by atoms with Crippen LogP contribution in [0.4, 0.5) is 10.5 Å². The number of ether oxygens (including phenoxy) is 1. The average molecular weight is 426 g/mol. The molecule has 0 saturated carbocycles. The molecule has 0 aliphatic rings. The number of amides is 2. The molecule has 0 radical (unpaired) electrons. The molecule has 31 heavy (non-hydrogen) atoms. The van der Waals surface area contributed by atoms with Crippen molar-refractivity contribution in [3.63, 3.8) is 0 Å². The van der Waals surface area contributed by atoms with E-state index in [0.717, 1.165) is 5.56 Å². The number of aromatic amines is 1. The molecule has 2 heterocycles. The van der Waals surface area contributed by atoms with Crippen molar-refractivity contribution < 1.29 is 18.7 Å². The number of H-pyrrole nitrogens is 1. The van der Waals surface area contributed by atoms with Crippen molar-refractivity contribution in [2.75, 3.05) is 5.32 Å². The van der Waals surface area contributed by atoms with Crippen molar-refractivity contribution in [1.29, 1.82) is 0 Å². The van der Waals surface area contributed by atoms with Crippen molar-refractivity contribution in [2.45, 2.75) is 52.7 Å². The minimum Gasteiger partial charge on any atom is -0.447 e. The predicted molar refractivity (Wildman–Crippen MR) is 113 cm³/mol. The van der Waals surface area contributed by atoms with Crippen LogP contribution in [0.5, 0.6) is 0 Å². The topological polar surface area (TPSA) is 135 Å². The Morgan fingerprint density at radius 2 is 1.90 bits per heavy atom. The molecular weight excluding hydrogens is 400 g/mol. The van der Waals surface area contributed by atoms with Crippen LogP contribution in [0.1, 0.15) is 62.6 Å². The van der Waals surface area contributed by atoms with Crippen LogP contribution in [-0.2, 0) is 11.3 Å². The van der Waals surface area contributed by atoms with Gasteiger partial charge in [0.2, 0.25) is 0 Å². The average Bonchev–Trinajstić information content (AvgIpc) is 3.35. The van der Waals surface area contributed by atoms with E-state index in [0.29, 0.717) is 23.1 Å². The summed E-state index contributed by atoms with van der Waals surface area (Å²) < 4.78 is 10.5. The number of hydrogen-bond acceptors (Lipinski definition) is 7. The first-order valence-electron chi connectivity index (χ1n) is 9.85. The number of hydrogen-bond donors (Lipinski definition) is 3. The fourth-order valence-electron chi connectivity index (χ4n) is 2.70. The predicted octanol–water partition coefficient (Wildman–Crippen LogP) is 3.86. The van der Waals surface area contributed by atoms with Gasteiger partial charge in [0, 0.05) is 17.2 Å². The third-order valence-corrected chi connectivity index (χ3v) is 4.07. The zero-order chi connectivity index (χ0) is 22.6. The van der Waals surface area contributed by atoms with Gasteiger partial charge in [-0.15, -0.1) is 0 Å². The van der Waals surface area contributed by atoms with Crippen molar-refractivity contribution in [3.8, 4) is 11.4 Å². The third kappa shape index (κ3) is 5.91. The first kappa shape index (κ1) is 22.0. The lowest BCUT2D eigenvalue weighted by atomic mass is 10.1. The number of rotatable bonds is 6. The summed E-state index contributed by atoms with van der Waals surface area (Å²) >= 11 is 0. The van der Waals surface area contributed by atoms with Gasteiger partial charge >= 0.3 is 6.09 Å². The summed E-state index contributed by atoms with van der Waals surface area (Å²) in [6.07, 6.45) is 0.740. The number of aromatic nitrogens is 4. The van der Waals surface area contributed by atoms with Gasteiger partial charge in [-0.2, -0.15) is 5.10 Å². The normalized spacial score (nSPS) is 11.4. The second-order valence-corrected chi connectivity index (χ2v) is 8.21. The zero-order valence-corrected chi connectivity index (χ0v) is 18.1. The standard InChI is InChI=1S/C21H26N6O4/c1-12(2)17-16(23-11-30-17)19(28)24-14-8-6-13(7-9-14)18-25-15(26-27-18)10-22-20(29)31-21(3,4)5/h6-9,11-12H,10H2,1-5H3,(H,22,29)(H,24,28)(H,25,26,27). The van der Waals surface area contributed by atoms with Crippen molar-refractivity contribution in [2.24, 2.45) is 0 Å². The highest BCUT2D eigenvalue weighted by Gasteiger charge is 2.19. The van der Waals surface area contributed by atoms with Gasteiger partial charge in [-0.1, -0.05) is 13.8 Å². The van der Waals surface area contributed by atoms with Gasteiger partial charge in [0.1, 0.15) is 17.2 Å². The number of carbonyl (C=O) groups excluding carboxylic acids is 2. The van der Waals surface area contributed by atoms with Gasteiger partial charge in [-0.3, -0.25) is 9.89 Å². The molecule has 3 aromatic rings. The fourth-order valence-corrected chi connectivity index (χ4v) is 2.70. The monoisotopic (exact) mass is 426 g/mol. The number of nitrogens with one attached hydrogen (secondary N) is 3. The molecule has 10 heteroatoms. The Labute approximate surface area is 179 Å². The van der Waals surface area contributed by atoms with Crippen LogP contribution < -0.4 is 10.6 Å². The second kappa shape index (κ2) is 8.99. The SMILES string of the molecule is CC(C)c1ocnc1C(=O)Nc1ccc(-c2n[nH]c(CNC(=O)OC(C)(C)C)n2)cc1. The number of benzene rings is 1. The van der Waals surface area contributed by atoms with Crippen molar-refractivity contribution in [3.05, 3.63) is 47.9 Å². The molecule has 2 amide bonds. The summed E-state index contributed by atoms with van der Waals surface area (Å²) in [6, 6.07) is 7.07. The molecule has 0 atom stereocenters. The highest BCUT2D eigenvalue weighted by Crippen LogP contribution is 2.21. The molecule has 0 bridgehead atoms. The number of oxazole rings is 1. The summed E-state index contributed by atoms with van der Waals surface area (Å²) in [6.45, 7) is 9.40. The van der Waals surface area contributed by atoms with Crippen LogP contribution in [0.3, 0.4) is 0 Å². The highest BCUT2D eigenvalue weighted by molar-refractivity contribution is 6.03. The van der Waals surface area contributed by atoms with Crippen LogP contribution in [-0.4, -0.2) is 37.8 Å². The molecule has 1 aromatic carbocycles. The molecule has 3 N–H and O–H groups in total. The molecule has 0 fully saturated rings. The van der Waals surface area contributed by atoms with Crippen LogP contribution in [0.15, 0.2) is 35.1 Å². The largest absolute Gasteiger partial charge is 0.447 e. The second-order valence-electron chi connectivity index (χ2n) is 8.21. The van der Waals surface area contributed by atoms with E-state index in [2.05, 4.69) is 30.8 Å².